The SMILES string of the molecule is Cc1cccc(OCCc2noc(C3CCN(C(=O)c4cnccc4C)C3)n2)c1. The Kier molecular flexibility index (Phi) is 5.55. The second-order valence-corrected chi connectivity index (χ2v) is 7.39. The number of hydrogen-bond donors (Lipinski definition) is 0. The van der Waals surface area contributed by atoms with Gasteiger partial charge in [-0.3, -0.25) is 9.78 Å². The number of carbonyl (C=O) groups is 1. The van der Waals surface area contributed by atoms with Crippen LogP contribution in [0.1, 0.15) is 45.5 Å². The largest absolute Gasteiger partial charge is 0.493 e. The summed E-state index contributed by atoms with van der Waals surface area (Å²) >= 11 is 0. The lowest BCUT2D eigenvalue weighted by atomic mass is 10.1. The van der Waals surface area contributed by atoms with Crippen LogP contribution in [0.5, 0.6) is 5.75 Å². The maximum absolute atomic E-state index is 12.8. The number of amides is 1. The van der Waals surface area contributed by atoms with Crippen molar-refractivity contribution in [2.24, 2.45) is 0 Å². The molecule has 0 saturated carbocycles. The summed E-state index contributed by atoms with van der Waals surface area (Å²) in [6.07, 6.45) is 4.71. The lowest BCUT2D eigenvalue weighted by Gasteiger charge is -2.16. The summed E-state index contributed by atoms with van der Waals surface area (Å²) in [6.45, 7) is 5.69. The molecule has 7 nitrogen and oxygen atoms in total. The predicted octanol–water partition coefficient (Wildman–Crippen LogP) is 3.33. The summed E-state index contributed by atoms with van der Waals surface area (Å²) in [5.74, 6) is 2.12. The molecule has 1 amide bonds. The van der Waals surface area contributed by atoms with E-state index in [1.165, 1.54) is 0 Å². The van der Waals surface area contributed by atoms with Crippen LogP contribution >= 0.6 is 0 Å². The molecule has 150 valence electrons. The van der Waals surface area contributed by atoms with Crippen LogP contribution in [-0.4, -0.2) is 45.6 Å². The van der Waals surface area contributed by atoms with Gasteiger partial charge in [0.15, 0.2) is 5.82 Å². The van der Waals surface area contributed by atoms with E-state index in [1.807, 2.05) is 49.1 Å². The number of likely N-dealkylation sites (tertiary alicyclic amines) is 1. The van der Waals surface area contributed by atoms with Crippen LogP contribution in [0.3, 0.4) is 0 Å². The van der Waals surface area contributed by atoms with Gasteiger partial charge < -0.3 is 14.2 Å². The molecule has 2 aromatic heterocycles. The highest BCUT2D eigenvalue weighted by Gasteiger charge is 2.32. The molecule has 1 aliphatic rings. The lowest BCUT2D eigenvalue weighted by molar-refractivity contribution is 0.0788. The number of carbonyl (C=O) groups excluding carboxylic acids is 1. The summed E-state index contributed by atoms with van der Waals surface area (Å²) in [5, 5.41) is 4.07. The van der Waals surface area contributed by atoms with Gasteiger partial charge in [0.1, 0.15) is 5.75 Å². The van der Waals surface area contributed by atoms with Crippen LogP contribution in [0.15, 0.2) is 47.2 Å². The maximum Gasteiger partial charge on any atom is 0.255 e. The first-order valence-electron chi connectivity index (χ1n) is 9.82. The second kappa shape index (κ2) is 8.43. The van der Waals surface area contributed by atoms with Crippen LogP contribution in [0.25, 0.3) is 0 Å². The Morgan fingerprint density at radius 2 is 2.21 bits per heavy atom. The van der Waals surface area contributed by atoms with Crippen molar-refractivity contribution in [2.75, 3.05) is 19.7 Å². The van der Waals surface area contributed by atoms with E-state index in [2.05, 4.69) is 15.1 Å². The van der Waals surface area contributed by atoms with Crippen molar-refractivity contribution in [2.45, 2.75) is 32.6 Å². The van der Waals surface area contributed by atoms with Crippen molar-refractivity contribution in [3.05, 3.63) is 71.1 Å². The van der Waals surface area contributed by atoms with Crippen LogP contribution in [0.2, 0.25) is 0 Å². The molecule has 1 unspecified atom stereocenters. The summed E-state index contributed by atoms with van der Waals surface area (Å²) in [7, 11) is 0. The molecule has 1 aliphatic heterocycles. The zero-order valence-electron chi connectivity index (χ0n) is 16.7. The standard InChI is InChI=1S/C22H24N4O3/c1-15-4-3-5-18(12-15)28-11-8-20-24-21(29-25-20)17-7-10-26(14-17)22(27)19-13-23-9-6-16(19)2/h3-6,9,12-13,17H,7-8,10-11,14H2,1-2H3. The Labute approximate surface area is 169 Å². The molecule has 3 aromatic rings. The summed E-state index contributed by atoms with van der Waals surface area (Å²) < 4.78 is 11.2. The smallest absolute Gasteiger partial charge is 0.255 e. The molecule has 0 spiro atoms. The maximum atomic E-state index is 12.8. The number of pyridine rings is 1. The number of hydrogen-bond acceptors (Lipinski definition) is 6. The number of benzene rings is 1. The van der Waals surface area contributed by atoms with E-state index in [-0.39, 0.29) is 11.8 Å². The zero-order chi connectivity index (χ0) is 20.2. The molecule has 0 aliphatic carbocycles. The Morgan fingerprint density at radius 3 is 3.03 bits per heavy atom. The second-order valence-electron chi connectivity index (χ2n) is 7.39. The molecule has 1 aromatic carbocycles. The molecule has 1 saturated heterocycles. The van der Waals surface area contributed by atoms with Crippen molar-refractivity contribution in [1.82, 2.24) is 20.0 Å². The molecule has 4 rings (SSSR count). The number of rotatable bonds is 6. The fraction of sp³-hybridized carbons (Fsp3) is 0.364. The van der Waals surface area contributed by atoms with E-state index in [0.29, 0.717) is 43.4 Å². The van der Waals surface area contributed by atoms with E-state index in [1.54, 1.807) is 12.4 Å². The Morgan fingerprint density at radius 1 is 1.31 bits per heavy atom. The van der Waals surface area contributed by atoms with Crippen molar-refractivity contribution in [3.8, 4) is 5.75 Å². The highest BCUT2D eigenvalue weighted by atomic mass is 16.5. The number of aryl methyl sites for hydroxylation is 2. The third-order valence-electron chi connectivity index (χ3n) is 5.16. The van der Waals surface area contributed by atoms with Crippen molar-refractivity contribution < 1.29 is 14.1 Å². The molecule has 1 atom stereocenters. The number of ether oxygens (including phenoxy) is 1. The van der Waals surface area contributed by atoms with Gasteiger partial charge in [-0.2, -0.15) is 4.98 Å². The van der Waals surface area contributed by atoms with Gasteiger partial charge in [0.2, 0.25) is 5.89 Å². The van der Waals surface area contributed by atoms with Crippen LogP contribution in [0.4, 0.5) is 0 Å². The first-order valence-corrected chi connectivity index (χ1v) is 9.82. The molecule has 3 heterocycles. The van der Waals surface area contributed by atoms with Gasteiger partial charge in [-0.1, -0.05) is 17.3 Å². The molecule has 1 fully saturated rings. The predicted molar refractivity (Wildman–Crippen MR) is 107 cm³/mol. The first kappa shape index (κ1) is 19.1. The molecular formula is C22H24N4O3. The van der Waals surface area contributed by atoms with Gasteiger partial charge in [0, 0.05) is 31.9 Å². The minimum Gasteiger partial charge on any atom is -0.493 e. The molecular weight excluding hydrogens is 368 g/mol. The molecule has 0 radical (unpaired) electrons. The Bertz CT molecular complexity index is 1000. The van der Waals surface area contributed by atoms with Crippen LogP contribution in [0, 0.1) is 13.8 Å². The highest BCUT2D eigenvalue weighted by molar-refractivity contribution is 5.95. The average Bonchev–Trinajstić information content (AvgIpc) is 3.37. The average molecular weight is 392 g/mol. The number of nitrogens with zero attached hydrogens (tertiary/aromatic N) is 4. The van der Waals surface area contributed by atoms with E-state index < -0.39 is 0 Å². The van der Waals surface area contributed by atoms with Gasteiger partial charge in [-0.05, 0) is 49.6 Å². The van der Waals surface area contributed by atoms with E-state index >= 15 is 0 Å². The Hall–Kier alpha value is -3.22. The van der Waals surface area contributed by atoms with Crippen LogP contribution in [-0.2, 0) is 6.42 Å². The van der Waals surface area contributed by atoms with E-state index in [4.69, 9.17) is 9.26 Å². The van der Waals surface area contributed by atoms with Crippen molar-refractivity contribution >= 4 is 5.91 Å². The minimum atomic E-state index is 0.00407. The highest BCUT2D eigenvalue weighted by Crippen LogP contribution is 2.27. The van der Waals surface area contributed by atoms with E-state index in [9.17, 15) is 4.79 Å². The first-order chi connectivity index (χ1) is 14.1. The Balaban J connectivity index is 1.32. The fourth-order valence-electron chi connectivity index (χ4n) is 3.50. The van der Waals surface area contributed by atoms with Gasteiger partial charge in [-0.15, -0.1) is 0 Å². The van der Waals surface area contributed by atoms with Gasteiger partial charge in [-0.25, -0.2) is 0 Å². The molecule has 7 heteroatoms. The summed E-state index contributed by atoms with van der Waals surface area (Å²) in [6, 6.07) is 9.78. The topological polar surface area (TPSA) is 81.4 Å². The molecule has 0 N–H and O–H groups in total. The fourth-order valence-corrected chi connectivity index (χ4v) is 3.50. The van der Waals surface area contributed by atoms with Crippen molar-refractivity contribution in [3.63, 3.8) is 0 Å². The third kappa shape index (κ3) is 4.45. The molecule has 29 heavy (non-hydrogen) atoms. The van der Waals surface area contributed by atoms with Gasteiger partial charge in [0.05, 0.1) is 18.1 Å². The summed E-state index contributed by atoms with van der Waals surface area (Å²) in [4.78, 5) is 23.2. The molecule has 0 bridgehead atoms. The third-order valence-corrected chi connectivity index (χ3v) is 5.16. The van der Waals surface area contributed by atoms with Crippen molar-refractivity contribution in [1.29, 1.82) is 0 Å². The van der Waals surface area contributed by atoms with Gasteiger partial charge >= 0.3 is 0 Å². The zero-order valence-corrected chi connectivity index (χ0v) is 16.7. The van der Waals surface area contributed by atoms with Gasteiger partial charge in [0.25, 0.3) is 5.91 Å². The lowest BCUT2D eigenvalue weighted by Crippen LogP contribution is -2.29. The normalized spacial score (nSPS) is 16.2. The summed E-state index contributed by atoms with van der Waals surface area (Å²) in [5.41, 5.74) is 2.74. The quantitative estimate of drug-likeness (QED) is 0.640. The van der Waals surface area contributed by atoms with Crippen LogP contribution < -0.4 is 4.74 Å². The number of aromatic nitrogens is 3. The van der Waals surface area contributed by atoms with E-state index in [0.717, 1.165) is 23.3 Å². The monoisotopic (exact) mass is 392 g/mol. The minimum absolute atomic E-state index is 0.00407.